The van der Waals surface area contributed by atoms with Gasteiger partial charge in [0, 0.05) is 10.8 Å². The zero-order chi connectivity index (χ0) is 30.1. The van der Waals surface area contributed by atoms with Gasteiger partial charge in [0.05, 0.1) is 9.79 Å². The van der Waals surface area contributed by atoms with Gasteiger partial charge in [0.25, 0.3) is 0 Å². The van der Waals surface area contributed by atoms with Gasteiger partial charge in [0.1, 0.15) is 20.2 Å². The van der Waals surface area contributed by atoms with Gasteiger partial charge in [0.15, 0.2) is 0 Å². The second-order valence-electron chi connectivity index (χ2n) is 9.77. The molecule has 0 fully saturated rings. The normalized spacial score (nSPS) is 11.6. The van der Waals surface area contributed by atoms with Crippen LogP contribution in [-0.4, -0.2) is 63.7 Å². The fourth-order valence-corrected chi connectivity index (χ4v) is 7.27. The van der Waals surface area contributed by atoms with Crippen molar-refractivity contribution in [1.82, 2.24) is 0 Å². The summed E-state index contributed by atoms with van der Waals surface area (Å²) in [6.07, 6.45) is 3.88. The van der Waals surface area contributed by atoms with Crippen molar-refractivity contribution in [3.05, 3.63) is 133 Å². The molecule has 0 saturated heterocycles. The Balaban J connectivity index is 0.000000192. The summed E-state index contributed by atoms with van der Waals surface area (Å²) in [4.78, 5) is -0.267. The molecule has 0 aliphatic carbocycles. The smallest absolute Gasteiger partial charge is 0.744 e. The summed E-state index contributed by atoms with van der Waals surface area (Å²) in [5.74, 6) is 0. The van der Waals surface area contributed by atoms with Crippen molar-refractivity contribution in [2.24, 2.45) is 0 Å². The van der Waals surface area contributed by atoms with Crippen LogP contribution in [-0.2, 0) is 33.1 Å². The summed E-state index contributed by atoms with van der Waals surface area (Å²) < 4.78 is 70.1. The first kappa shape index (κ1) is 32.8. The van der Waals surface area contributed by atoms with Gasteiger partial charge in [-0.05, 0) is 56.3 Å². The van der Waals surface area contributed by atoms with Gasteiger partial charge >= 0.3 is 37.7 Å². The van der Waals surface area contributed by atoms with Crippen LogP contribution >= 0.6 is 0 Å². The first-order valence-electron chi connectivity index (χ1n) is 13.0. The van der Waals surface area contributed by atoms with Crippen molar-refractivity contribution in [3.8, 4) is 0 Å². The summed E-state index contributed by atoms with van der Waals surface area (Å²) in [5.41, 5.74) is 0.977. The van der Waals surface area contributed by atoms with Crippen LogP contribution in [0.25, 0.3) is 43.1 Å². The minimum atomic E-state index is -4.55. The van der Waals surface area contributed by atoms with Gasteiger partial charge in [0.2, 0.25) is 0 Å². The van der Waals surface area contributed by atoms with Gasteiger partial charge < -0.3 is 9.11 Å². The Morgan fingerprint density at radius 3 is 1.19 bits per heavy atom. The maximum Gasteiger partial charge on any atom is 2.00 e. The quantitative estimate of drug-likeness (QED) is 0.0855. The Morgan fingerprint density at radius 1 is 0.488 bits per heavy atom. The molecule has 0 amide bonds. The van der Waals surface area contributed by atoms with Crippen LogP contribution in [0.3, 0.4) is 0 Å². The van der Waals surface area contributed by atoms with Crippen molar-refractivity contribution in [1.29, 1.82) is 0 Å². The fraction of sp³-hybridized carbons (Fsp3) is 0.0588. The Labute approximate surface area is 280 Å². The van der Waals surface area contributed by atoms with E-state index >= 15 is 0 Å². The molecule has 6 nitrogen and oxygen atoms in total. The summed E-state index contributed by atoms with van der Waals surface area (Å²) in [6.45, 7) is 7.22. The van der Waals surface area contributed by atoms with Crippen LogP contribution < -0.4 is 0 Å². The largest absolute Gasteiger partial charge is 2.00 e. The zero-order valence-corrected chi connectivity index (χ0v) is 27.0. The van der Waals surface area contributed by atoms with E-state index in [1.165, 1.54) is 0 Å². The van der Waals surface area contributed by atoms with Gasteiger partial charge in [-0.3, -0.25) is 0 Å². The minimum absolute atomic E-state index is 0. The molecule has 212 valence electrons. The van der Waals surface area contributed by atoms with Crippen molar-refractivity contribution < 1.29 is 25.9 Å². The van der Waals surface area contributed by atoms with E-state index in [2.05, 4.69) is 13.2 Å². The van der Waals surface area contributed by atoms with E-state index in [9.17, 15) is 25.9 Å². The summed E-state index contributed by atoms with van der Waals surface area (Å²) >= 11 is 0. The molecule has 0 atom stereocenters. The van der Waals surface area contributed by atoms with Crippen LogP contribution in [0.2, 0.25) is 0 Å². The Morgan fingerprint density at radius 2 is 0.837 bits per heavy atom. The van der Waals surface area contributed by atoms with Crippen LogP contribution in [0.4, 0.5) is 0 Å². The average molecular weight is 635 g/mol. The molecule has 0 heterocycles. The van der Waals surface area contributed by atoms with E-state index in [0.29, 0.717) is 34.7 Å². The van der Waals surface area contributed by atoms with Gasteiger partial charge in [-0.25, -0.2) is 16.8 Å². The predicted molar refractivity (Wildman–Crippen MR) is 172 cm³/mol. The first-order valence-corrected chi connectivity index (χ1v) is 15.9. The van der Waals surface area contributed by atoms with Gasteiger partial charge in [-0.2, -0.15) is 0 Å². The molecule has 9 heteroatoms. The van der Waals surface area contributed by atoms with Crippen molar-refractivity contribution >= 4 is 101 Å². The fourth-order valence-electron chi connectivity index (χ4n) is 5.43. The second kappa shape index (κ2) is 13.3. The van der Waals surface area contributed by atoms with Crippen molar-refractivity contribution in [3.63, 3.8) is 0 Å². The molecule has 0 saturated carbocycles. The van der Waals surface area contributed by atoms with Crippen LogP contribution in [0.1, 0.15) is 11.1 Å². The summed E-state index contributed by atoms with van der Waals surface area (Å²) in [6, 6.07) is 29.6. The first-order chi connectivity index (χ1) is 20.0. The number of allylic oxidation sites excluding steroid dienone is 2. The van der Waals surface area contributed by atoms with E-state index in [1.807, 2.05) is 72.8 Å². The van der Waals surface area contributed by atoms with Crippen molar-refractivity contribution in [2.75, 3.05) is 0 Å². The molecular weight excluding hydrogens is 609 g/mol. The Bertz CT molecular complexity index is 2080. The molecule has 6 rings (SSSR count). The van der Waals surface area contributed by atoms with E-state index < -0.39 is 20.2 Å². The van der Waals surface area contributed by atoms with E-state index in [0.717, 1.165) is 32.3 Å². The third-order valence-corrected chi connectivity index (χ3v) is 9.11. The average Bonchev–Trinajstić information content (AvgIpc) is 2.96. The van der Waals surface area contributed by atoms with Gasteiger partial charge in [-0.15, -0.1) is 13.2 Å². The zero-order valence-electron chi connectivity index (χ0n) is 23.2. The van der Waals surface area contributed by atoms with Crippen LogP contribution in [0.15, 0.2) is 132 Å². The molecule has 0 radical (unpaired) electrons. The molecular formula is C34H26CaO6S2. The SMILES string of the molecule is C=CCc1ccc2c(ccc3ccccc32)c1S(=O)(=O)[O-].C=CCc1ccc2c(ccc3ccccc32)c1S(=O)(=O)[O-].[Ca+2]. The number of rotatable bonds is 6. The minimum Gasteiger partial charge on any atom is -0.744 e. The third-order valence-electron chi connectivity index (χ3n) is 7.14. The Hall–Kier alpha value is -3.08. The number of hydrogen-bond acceptors (Lipinski definition) is 6. The van der Waals surface area contributed by atoms with Crippen LogP contribution in [0, 0.1) is 0 Å². The molecule has 0 aliphatic rings. The van der Waals surface area contributed by atoms with Crippen molar-refractivity contribution in [2.45, 2.75) is 22.6 Å². The summed E-state index contributed by atoms with van der Waals surface area (Å²) in [5, 5.41) is 6.39. The number of benzene rings is 6. The van der Waals surface area contributed by atoms with E-state index in [4.69, 9.17) is 0 Å². The number of fused-ring (bicyclic) bond motifs is 6. The molecule has 0 spiro atoms. The molecule has 0 bridgehead atoms. The third kappa shape index (κ3) is 6.71. The molecule has 0 aromatic heterocycles. The molecule has 6 aromatic carbocycles. The van der Waals surface area contributed by atoms with E-state index in [1.54, 1.807) is 36.4 Å². The monoisotopic (exact) mass is 634 g/mol. The maximum absolute atomic E-state index is 11.7. The second-order valence-corrected chi connectivity index (χ2v) is 12.4. The topological polar surface area (TPSA) is 114 Å². The predicted octanol–water partition coefficient (Wildman–Crippen LogP) is 6.87. The molecule has 0 unspecified atom stereocenters. The summed E-state index contributed by atoms with van der Waals surface area (Å²) in [7, 11) is -9.10. The standard InChI is InChI=1S/2C17H14O3S.Ca/c2*1-2-5-13-9-10-15-14-7-4-3-6-12(14)8-11-16(15)17(13)21(18,19)20;/h2*2-4,6-11H,1,5H2,(H,18,19,20);/q;;+2/p-2. The van der Waals surface area contributed by atoms with Gasteiger partial charge in [-0.1, -0.05) is 109 Å². The molecule has 6 aromatic rings. The molecule has 0 N–H and O–H groups in total. The maximum atomic E-state index is 11.7. The van der Waals surface area contributed by atoms with Crippen LogP contribution in [0.5, 0.6) is 0 Å². The van der Waals surface area contributed by atoms with E-state index in [-0.39, 0.29) is 47.5 Å². The molecule has 0 aliphatic heterocycles. The molecule has 43 heavy (non-hydrogen) atoms. The number of hydrogen-bond donors (Lipinski definition) is 0. The Kier molecular flexibility index (Phi) is 10.1.